The Morgan fingerprint density at radius 3 is 2.72 bits per heavy atom. The van der Waals surface area contributed by atoms with E-state index in [4.69, 9.17) is 5.11 Å². The second-order valence-electron chi connectivity index (χ2n) is 3.81. The Labute approximate surface area is 111 Å². The topological polar surface area (TPSA) is 66.4 Å². The van der Waals surface area contributed by atoms with E-state index in [1.165, 1.54) is 11.8 Å². The molecule has 1 amide bonds. The highest BCUT2D eigenvalue weighted by atomic mass is 32.2. The minimum atomic E-state index is -0.929. The number of amides is 1. The highest BCUT2D eigenvalue weighted by Crippen LogP contribution is 2.16. The molecule has 1 aromatic rings. The van der Waals surface area contributed by atoms with Crippen molar-refractivity contribution in [3.05, 3.63) is 35.4 Å². The minimum absolute atomic E-state index is 0.00495. The Hall–Kier alpha value is -1.49. The molecule has 0 atom stereocenters. The van der Waals surface area contributed by atoms with Crippen molar-refractivity contribution in [2.45, 2.75) is 19.1 Å². The van der Waals surface area contributed by atoms with Crippen molar-refractivity contribution in [2.75, 3.05) is 12.3 Å². The number of carboxylic acids is 1. The summed E-state index contributed by atoms with van der Waals surface area (Å²) >= 11 is 1.42. The molecule has 98 valence electrons. The smallest absolute Gasteiger partial charge is 0.335 e. The molecule has 0 aliphatic carbocycles. The molecule has 1 aromatic carbocycles. The third-order valence-electron chi connectivity index (χ3n) is 2.31. The van der Waals surface area contributed by atoms with E-state index in [9.17, 15) is 9.59 Å². The summed E-state index contributed by atoms with van der Waals surface area (Å²) in [6, 6.07) is 6.86. The predicted molar refractivity (Wildman–Crippen MR) is 72.9 cm³/mol. The fraction of sp³-hybridized carbons (Fsp3) is 0.385. The molecule has 2 N–H and O–H groups in total. The van der Waals surface area contributed by atoms with Crippen LogP contribution >= 0.6 is 11.8 Å². The average Bonchev–Trinajstić information content (AvgIpc) is 2.36. The second-order valence-corrected chi connectivity index (χ2v) is 4.79. The number of benzene rings is 1. The summed E-state index contributed by atoms with van der Waals surface area (Å²) in [5.74, 6) is -0.0491. The van der Waals surface area contributed by atoms with Gasteiger partial charge in [0.25, 0.3) is 0 Å². The summed E-state index contributed by atoms with van der Waals surface area (Å²) in [5, 5.41) is 11.8. The number of aromatic carboxylic acids is 1. The van der Waals surface area contributed by atoms with Crippen LogP contribution in [0.4, 0.5) is 0 Å². The fourth-order valence-corrected chi connectivity index (χ4v) is 2.29. The molecule has 0 aromatic heterocycles. The monoisotopic (exact) mass is 267 g/mol. The maximum atomic E-state index is 11.4. The first-order valence-corrected chi connectivity index (χ1v) is 6.96. The molecule has 18 heavy (non-hydrogen) atoms. The van der Waals surface area contributed by atoms with Gasteiger partial charge in [0.2, 0.25) is 5.91 Å². The minimum Gasteiger partial charge on any atom is -0.478 e. The number of carboxylic acid groups (broad SMARTS) is 1. The van der Waals surface area contributed by atoms with Crippen LogP contribution in [0.5, 0.6) is 0 Å². The first kappa shape index (κ1) is 14.6. The van der Waals surface area contributed by atoms with Gasteiger partial charge in [-0.15, -0.1) is 11.8 Å². The van der Waals surface area contributed by atoms with Crippen LogP contribution in [-0.4, -0.2) is 29.3 Å². The standard InChI is InChI=1S/C13H17NO3S/c1-2-7-14-12(15)9-18-8-10-5-3-4-6-11(10)13(16)17/h3-6H,2,7-9H2,1H3,(H,14,15)(H,16,17). The highest BCUT2D eigenvalue weighted by Gasteiger charge is 2.09. The Balaban J connectivity index is 2.44. The van der Waals surface area contributed by atoms with E-state index in [0.29, 0.717) is 23.6 Å². The fourth-order valence-electron chi connectivity index (χ4n) is 1.42. The highest BCUT2D eigenvalue weighted by molar-refractivity contribution is 7.99. The van der Waals surface area contributed by atoms with E-state index in [1.54, 1.807) is 24.3 Å². The third kappa shape index (κ3) is 4.79. The molecule has 0 saturated carbocycles. The molecule has 0 unspecified atom stereocenters. The van der Waals surface area contributed by atoms with Gasteiger partial charge in [-0.2, -0.15) is 0 Å². The zero-order chi connectivity index (χ0) is 13.4. The van der Waals surface area contributed by atoms with Crippen molar-refractivity contribution in [3.63, 3.8) is 0 Å². The number of carbonyl (C=O) groups is 2. The molecule has 5 heteroatoms. The van der Waals surface area contributed by atoms with Crippen LogP contribution in [0.1, 0.15) is 29.3 Å². The van der Waals surface area contributed by atoms with E-state index in [2.05, 4.69) is 5.32 Å². The van der Waals surface area contributed by atoms with Crippen molar-refractivity contribution in [1.82, 2.24) is 5.32 Å². The lowest BCUT2D eigenvalue weighted by atomic mass is 10.1. The number of hydrogen-bond acceptors (Lipinski definition) is 3. The predicted octanol–water partition coefficient (Wildman–Crippen LogP) is 2.14. The second kappa shape index (κ2) is 7.76. The summed E-state index contributed by atoms with van der Waals surface area (Å²) < 4.78 is 0. The summed E-state index contributed by atoms with van der Waals surface area (Å²) in [7, 11) is 0. The molecule has 1 rings (SSSR count). The van der Waals surface area contributed by atoms with Crippen molar-refractivity contribution in [2.24, 2.45) is 0 Å². The first-order chi connectivity index (χ1) is 8.65. The number of hydrogen-bond donors (Lipinski definition) is 2. The number of thioether (sulfide) groups is 1. The van der Waals surface area contributed by atoms with Gasteiger partial charge >= 0.3 is 5.97 Å². The molecule has 0 heterocycles. The van der Waals surface area contributed by atoms with Crippen molar-refractivity contribution in [1.29, 1.82) is 0 Å². The zero-order valence-corrected chi connectivity index (χ0v) is 11.1. The molecule has 0 saturated heterocycles. The Morgan fingerprint density at radius 1 is 1.33 bits per heavy atom. The molecule has 0 radical (unpaired) electrons. The maximum Gasteiger partial charge on any atom is 0.335 e. The summed E-state index contributed by atoms with van der Waals surface area (Å²) in [6.07, 6.45) is 0.915. The van der Waals surface area contributed by atoms with Crippen LogP contribution in [0, 0.1) is 0 Å². The van der Waals surface area contributed by atoms with E-state index in [0.717, 1.165) is 12.0 Å². The molecule has 0 fully saturated rings. The van der Waals surface area contributed by atoms with Gasteiger partial charge in [0.1, 0.15) is 0 Å². The van der Waals surface area contributed by atoms with E-state index in [-0.39, 0.29) is 5.91 Å². The van der Waals surface area contributed by atoms with Gasteiger partial charge in [-0.05, 0) is 18.1 Å². The van der Waals surface area contributed by atoms with Gasteiger partial charge in [-0.1, -0.05) is 25.1 Å². The van der Waals surface area contributed by atoms with Gasteiger partial charge in [0.05, 0.1) is 11.3 Å². The summed E-state index contributed by atoms with van der Waals surface area (Å²) in [6.45, 7) is 2.68. The van der Waals surface area contributed by atoms with Crippen molar-refractivity contribution in [3.8, 4) is 0 Å². The maximum absolute atomic E-state index is 11.4. The molecule has 0 spiro atoms. The first-order valence-electron chi connectivity index (χ1n) is 5.80. The molecule has 0 bridgehead atoms. The van der Waals surface area contributed by atoms with Gasteiger partial charge in [0, 0.05) is 12.3 Å². The van der Waals surface area contributed by atoms with Crippen LogP contribution < -0.4 is 5.32 Å². The Morgan fingerprint density at radius 2 is 2.06 bits per heavy atom. The molecule has 0 aliphatic rings. The van der Waals surface area contributed by atoms with Crippen LogP contribution in [0.2, 0.25) is 0 Å². The normalized spacial score (nSPS) is 10.1. The number of nitrogens with one attached hydrogen (secondary N) is 1. The lowest BCUT2D eigenvalue weighted by molar-refractivity contribution is -0.118. The molecule has 4 nitrogen and oxygen atoms in total. The lowest BCUT2D eigenvalue weighted by Gasteiger charge is -2.06. The van der Waals surface area contributed by atoms with E-state index in [1.807, 2.05) is 6.92 Å². The number of carbonyl (C=O) groups excluding carboxylic acids is 1. The van der Waals surface area contributed by atoms with E-state index < -0.39 is 5.97 Å². The Bertz CT molecular complexity index is 420. The van der Waals surface area contributed by atoms with Crippen LogP contribution in [0.15, 0.2) is 24.3 Å². The lowest BCUT2D eigenvalue weighted by Crippen LogP contribution is -2.25. The average molecular weight is 267 g/mol. The van der Waals surface area contributed by atoms with Gasteiger partial charge in [0.15, 0.2) is 0 Å². The van der Waals surface area contributed by atoms with Crippen LogP contribution in [-0.2, 0) is 10.5 Å². The molecular weight excluding hydrogens is 250 g/mol. The zero-order valence-electron chi connectivity index (χ0n) is 10.3. The third-order valence-corrected chi connectivity index (χ3v) is 3.29. The van der Waals surface area contributed by atoms with E-state index >= 15 is 0 Å². The molecule has 0 aliphatic heterocycles. The quantitative estimate of drug-likeness (QED) is 0.794. The van der Waals surface area contributed by atoms with Gasteiger partial charge in [-0.25, -0.2) is 4.79 Å². The van der Waals surface area contributed by atoms with Crippen LogP contribution in [0.3, 0.4) is 0 Å². The van der Waals surface area contributed by atoms with Gasteiger partial charge < -0.3 is 10.4 Å². The van der Waals surface area contributed by atoms with Gasteiger partial charge in [-0.3, -0.25) is 4.79 Å². The molecular formula is C13H17NO3S. The SMILES string of the molecule is CCCNC(=O)CSCc1ccccc1C(=O)O. The van der Waals surface area contributed by atoms with Crippen molar-refractivity contribution < 1.29 is 14.7 Å². The summed E-state index contributed by atoms with van der Waals surface area (Å²) in [5.41, 5.74) is 1.05. The van der Waals surface area contributed by atoms with Crippen molar-refractivity contribution >= 4 is 23.6 Å². The Kier molecular flexibility index (Phi) is 6.28. The largest absolute Gasteiger partial charge is 0.478 e. The van der Waals surface area contributed by atoms with Crippen LogP contribution in [0.25, 0.3) is 0 Å². The number of rotatable bonds is 7. The summed E-state index contributed by atoms with van der Waals surface area (Å²) in [4.78, 5) is 22.3.